The Bertz CT molecular complexity index is 544. The summed E-state index contributed by atoms with van der Waals surface area (Å²) in [5.74, 6) is 0.124. The molecule has 0 bridgehead atoms. The van der Waals surface area contributed by atoms with Crippen molar-refractivity contribution in [3.8, 4) is 0 Å². The summed E-state index contributed by atoms with van der Waals surface area (Å²) in [6, 6.07) is 14.7. The number of halogens is 2. The Balaban J connectivity index is 1.81. The van der Waals surface area contributed by atoms with Gasteiger partial charge in [0.15, 0.2) is 0 Å². The molecule has 1 saturated heterocycles. The van der Waals surface area contributed by atoms with Gasteiger partial charge in [-0.3, -0.25) is 0 Å². The van der Waals surface area contributed by atoms with Crippen molar-refractivity contribution in [3.05, 3.63) is 64.9 Å². The first kappa shape index (κ1) is 14.4. The second-order valence-corrected chi connectivity index (χ2v) is 6.06. The van der Waals surface area contributed by atoms with Gasteiger partial charge in [0.05, 0.1) is 0 Å². The SMILES string of the molecule is NC1CC(c2ccc(F)cc2)CN(c2ccc(Cl)cc2)C1. The van der Waals surface area contributed by atoms with Crippen molar-refractivity contribution in [3.63, 3.8) is 0 Å². The van der Waals surface area contributed by atoms with Crippen LogP contribution < -0.4 is 10.6 Å². The first-order valence-electron chi connectivity index (χ1n) is 7.13. The molecule has 2 nitrogen and oxygen atoms in total. The van der Waals surface area contributed by atoms with E-state index in [2.05, 4.69) is 4.90 Å². The van der Waals surface area contributed by atoms with E-state index in [1.807, 2.05) is 36.4 Å². The van der Waals surface area contributed by atoms with E-state index >= 15 is 0 Å². The maximum absolute atomic E-state index is 13.1. The Labute approximate surface area is 129 Å². The van der Waals surface area contributed by atoms with E-state index in [1.165, 1.54) is 12.1 Å². The number of anilines is 1. The van der Waals surface area contributed by atoms with Crippen LogP contribution in [-0.4, -0.2) is 19.1 Å². The van der Waals surface area contributed by atoms with Crippen LogP contribution >= 0.6 is 11.6 Å². The molecule has 0 aromatic heterocycles. The maximum atomic E-state index is 13.1. The van der Waals surface area contributed by atoms with Crippen LogP contribution in [0.25, 0.3) is 0 Å². The summed E-state index contributed by atoms with van der Waals surface area (Å²) in [6.45, 7) is 1.72. The van der Waals surface area contributed by atoms with Gasteiger partial charge in [0.25, 0.3) is 0 Å². The Hall–Kier alpha value is -1.58. The average molecular weight is 305 g/mol. The van der Waals surface area contributed by atoms with Crippen LogP contribution in [0.4, 0.5) is 10.1 Å². The molecule has 2 aromatic carbocycles. The van der Waals surface area contributed by atoms with Gasteiger partial charge in [0.1, 0.15) is 5.82 Å². The molecule has 21 heavy (non-hydrogen) atoms. The van der Waals surface area contributed by atoms with E-state index < -0.39 is 0 Å². The number of hydrogen-bond acceptors (Lipinski definition) is 2. The lowest BCUT2D eigenvalue weighted by Crippen LogP contribution is -2.46. The monoisotopic (exact) mass is 304 g/mol. The Morgan fingerprint density at radius 3 is 2.33 bits per heavy atom. The summed E-state index contributed by atoms with van der Waals surface area (Å²) >= 11 is 5.94. The number of rotatable bonds is 2. The zero-order valence-electron chi connectivity index (χ0n) is 11.7. The van der Waals surface area contributed by atoms with E-state index in [-0.39, 0.29) is 11.9 Å². The van der Waals surface area contributed by atoms with Crippen LogP contribution in [0.2, 0.25) is 5.02 Å². The summed E-state index contributed by atoms with van der Waals surface area (Å²) < 4.78 is 13.1. The van der Waals surface area contributed by atoms with Crippen molar-refractivity contribution in [2.75, 3.05) is 18.0 Å². The minimum Gasteiger partial charge on any atom is -0.369 e. The lowest BCUT2D eigenvalue weighted by molar-refractivity contribution is 0.453. The third-order valence-electron chi connectivity index (χ3n) is 4.02. The molecule has 3 rings (SSSR count). The van der Waals surface area contributed by atoms with Gasteiger partial charge in [0, 0.05) is 35.8 Å². The maximum Gasteiger partial charge on any atom is 0.123 e. The molecule has 0 amide bonds. The second kappa shape index (κ2) is 6.04. The number of benzene rings is 2. The number of hydrogen-bond donors (Lipinski definition) is 1. The highest BCUT2D eigenvalue weighted by atomic mass is 35.5. The second-order valence-electron chi connectivity index (χ2n) is 5.63. The zero-order chi connectivity index (χ0) is 14.8. The third-order valence-corrected chi connectivity index (χ3v) is 4.27. The highest BCUT2D eigenvalue weighted by Crippen LogP contribution is 2.30. The van der Waals surface area contributed by atoms with Crippen molar-refractivity contribution in [2.24, 2.45) is 5.73 Å². The van der Waals surface area contributed by atoms with Crippen molar-refractivity contribution in [1.82, 2.24) is 0 Å². The molecule has 4 heteroatoms. The quantitative estimate of drug-likeness (QED) is 0.914. The highest BCUT2D eigenvalue weighted by Gasteiger charge is 2.26. The molecule has 0 spiro atoms. The van der Waals surface area contributed by atoms with Crippen LogP contribution in [-0.2, 0) is 0 Å². The first-order valence-corrected chi connectivity index (χ1v) is 7.51. The topological polar surface area (TPSA) is 29.3 Å². The predicted octanol–water partition coefficient (Wildman–Crippen LogP) is 3.80. The average Bonchev–Trinajstić information content (AvgIpc) is 2.48. The van der Waals surface area contributed by atoms with Crippen molar-refractivity contribution >= 4 is 17.3 Å². The summed E-state index contributed by atoms with van der Waals surface area (Å²) in [4.78, 5) is 2.28. The molecule has 0 saturated carbocycles. The summed E-state index contributed by atoms with van der Waals surface area (Å²) in [5, 5.41) is 0.732. The fourth-order valence-electron chi connectivity index (χ4n) is 2.98. The summed E-state index contributed by atoms with van der Waals surface area (Å²) in [6.07, 6.45) is 0.926. The molecule has 1 heterocycles. The van der Waals surface area contributed by atoms with Gasteiger partial charge in [-0.25, -0.2) is 4.39 Å². The van der Waals surface area contributed by atoms with Gasteiger partial charge in [0.2, 0.25) is 0 Å². The lowest BCUT2D eigenvalue weighted by Gasteiger charge is -2.38. The summed E-state index contributed by atoms with van der Waals surface area (Å²) in [7, 11) is 0. The van der Waals surface area contributed by atoms with E-state index in [1.54, 1.807) is 0 Å². The van der Waals surface area contributed by atoms with Crippen LogP contribution in [0.15, 0.2) is 48.5 Å². The number of nitrogens with two attached hydrogens (primary N) is 1. The Morgan fingerprint density at radius 2 is 1.67 bits per heavy atom. The highest BCUT2D eigenvalue weighted by molar-refractivity contribution is 6.30. The third kappa shape index (κ3) is 3.36. The molecular weight excluding hydrogens is 287 g/mol. The van der Waals surface area contributed by atoms with Crippen molar-refractivity contribution in [2.45, 2.75) is 18.4 Å². The molecule has 1 aliphatic rings. The minimum absolute atomic E-state index is 0.115. The van der Waals surface area contributed by atoms with E-state index in [4.69, 9.17) is 17.3 Å². The minimum atomic E-state index is -0.201. The largest absolute Gasteiger partial charge is 0.369 e. The van der Waals surface area contributed by atoms with Crippen molar-refractivity contribution < 1.29 is 4.39 Å². The zero-order valence-corrected chi connectivity index (χ0v) is 12.4. The molecule has 1 fully saturated rings. The molecule has 110 valence electrons. The first-order chi connectivity index (χ1) is 10.1. The normalized spacial score (nSPS) is 22.3. The molecular formula is C17H18ClFN2. The van der Waals surface area contributed by atoms with Crippen LogP contribution in [0.1, 0.15) is 17.9 Å². The molecule has 1 aliphatic heterocycles. The van der Waals surface area contributed by atoms with Gasteiger partial charge in [-0.1, -0.05) is 23.7 Å². The van der Waals surface area contributed by atoms with E-state index in [0.717, 1.165) is 35.8 Å². The summed E-state index contributed by atoms with van der Waals surface area (Å²) in [5.41, 5.74) is 8.48. The van der Waals surface area contributed by atoms with Gasteiger partial charge in [-0.15, -0.1) is 0 Å². The van der Waals surface area contributed by atoms with Crippen LogP contribution in [0.3, 0.4) is 0 Å². The molecule has 2 aromatic rings. The molecule has 0 aliphatic carbocycles. The van der Waals surface area contributed by atoms with Crippen molar-refractivity contribution in [1.29, 1.82) is 0 Å². The van der Waals surface area contributed by atoms with Gasteiger partial charge in [-0.2, -0.15) is 0 Å². The molecule has 2 N–H and O–H groups in total. The number of nitrogens with zero attached hydrogens (tertiary/aromatic N) is 1. The fourth-order valence-corrected chi connectivity index (χ4v) is 3.10. The van der Waals surface area contributed by atoms with E-state index in [0.29, 0.717) is 5.92 Å². The number of piperidine rings is 1. The lowest BCUT2D eigenvalue weighted by atomic mass is 9.88. The van der Waals surface area contributed by atoms with Crippen LogP contribution in [0.5, 0.6) is 0 Å². The molecule has 2 unspecified atom stereocenters. The predicted molar refractivity (Wildman–Crippen MR) is 85.4 cm³/mol. The standard InChI is InChI=1S/C17H18ClFN2/c18-14-3-7-17(8-4-14)21-10-13(9-16(20)11-21)12-1-5-15(19)6-2-12/h1-8,13,16H,9-11,20H2. The van der Waals surface area contributed by atoms with E-state index in [9.17, 15) is 4.39 Å². The molecule has 2 atom stereocenters. The molecule has 0 radical (unpaired) electrons. The Morgan fingerprint density at radius 1 is 1.00 bits per heavy atom. The smallest absolute Gasteiger partial charge is 0.123 e. The Kier molecular flexibility index (Phi) is 4.13. The van der Waals surface area contributed by atoms with Gasteiger partial charge >= 0.3 is 0 Å². The van der Waals surface area contributed by atoms with Crippen LogP contribution in [0, 0.1) is 5.82 Å². The fraction of sp³-hybridized carbons (Fsp3) is 0.294. The van der Waals surface area contributed by atoms with Gasteiger partial charge in [-0.05, 0) is 48.4 Å². The van der Waals surface area contributed by atoms with Gasteiger partial charge < -0.3 is 10.6 Å².